The van der Waals surface area contributed by atoms with E-state index in [0.29, 0.717) is 33.8 Å². The van der Waals surface area contributed by atoms with Gasteiger partial charge in [-0.05, 0) is 73.7 Å². The summed E-state index contributed by atoms with van der Waals surface area (Å²) in [5.41, 5.74) is -0.647. The molecule has 9 atom stereocenters. The zero-order chi connectivity index (χ0) is 30.9. The third kappa shape index (κ3) is 5.65. The van der Waals surface area contributed by atoms with Gasteiger partial charge in [0.1, 0.15) is 18.8 Å². The number of carbonyl (C=O) groups excluding carboxylic acids is 3. The summed E-state index contributed by atoms with van der Waals surface area (Å²) in [6.07, 6.45) is 7.81. The molecular weight excluding hydrogens is 536 g/mol. The van der Waals surface area contributed by atoms with Crippen LogP contribution in [-0.2, 0) is 28.6 Å². The van der Waals surface area contributed by atoms with Crippen molar-refractivity contribution < 1.29 is 42.7 Å². The van der Waals surface area contributed by atoms with Crippen molar-refractivity contribution in [1.82, 2.24) is 0 Å². The molecule has 236 valence electrons. The SMILES string of the molecule is CC12CCC(OC(=O)C[N+](C)(C)C)CC1CCC1C2CCC2(C)C(C3=CC(=O)OC3)C(OC(=O)C[N+](C)(C)C)CC12O. The number of hydrogen-bond donors (Lipinski definition) is 1. The average Bonchev–Trinajstić information content (AvgIpc) is 3.34. The van der Waals surface area contributed by atoms with Crippen LogP contribution in [0.15, 0.2) is 11.6 Å². The number of esters is 3. The van der Waals surface area contributed by atoms with Crippen LogP contribution in [0.3, 0.4) is 0 Å². The second-order valence-electron chi connectivity index (χ2n) is 16.7. The van der Waals surface area contributed by atoms with Crippen LogP contribution in [0.4, 0.5) is 0 Å². The van der Waals surface area contributed by atoms with Crippen LogP contribution in [0.1, 0.15) is 65.2 Å². The van der Waals surface area contributed by atoms with E-state index in [1.54, 1.807) is 6.08 Å². The Morgan fingerprint density at radius 3 is 2.17 bits per heavy atom. The molecule has 5 rings (SSSR count). The molecule has 0 radical (unpaired) electrons. The molecule has 0 aromatic heterocycles. The maximum atomic E-state index is 13.1. The summed E-state index contributed by atoms with van der Waals surface area (Å²) in [5.74, 6) is -0.152. The van der Waals surface area contributed by atoms with Gasteiger partial charge in [-0.3, -0.25) is 0 Å². The minimum absolute atomic E-state index is 0.0386. The Balaban J connectivity index is 1.37. The predicted octanol–water partition coefficient (Wildman–Crippen LogP) is 3.09. The predicted molar refractivity (Wildman–Crippen MR) is 157 cm³/mol. The Kier molecular flexibility index (Phi) is 7.93. The quantitative estimate of drug-likeness (QED) is 0.276. The zero-order valence-corrected chi connectivity index (χ0v) is 27.1. The van der Waals surface area contributed by atoms with E-state index in [0.717, 1.165) is 50.5 Å². The molecular formula is C33H54N2O7+2. The molecule has 4 aliphatic carbocycles. The lowest BCUT2D eigenvalue weighted by Gasteiger charge is -2.63. The van der Waals surface area contributed by atoms with Gasteiger partial charge in [0.05, 0.1) is 47.9 Å². The number of nitrogens with zero attached hydrogens (tertiary/aromatic N) is 2. The maximum Gasteiger partial charge on any atom is 0.362 e. The number of likely N-dealkylation sites (N-methyl/N-ethyl adjacent to an activating group) is 2. The van der Waals surface area contributed by atoms with E-state index in [1.165, 1.54) is 0 Å². The fourth-order valence-electron chi connectivity index (χ4n) is 9.84. The lowest BCUT2D eigenvalue weighted by atomic mass is 9.43. The molecule has 0 aromatic carbocycles. The fraction of sp³-hybridized carbons (Fsp3) is 0.848. The van der Waals surface area contributed by atoms with Crippen molar-refractivity contribution in [1.29, 1.82) is 0 Å². The van der Waals surface area contributed by atoms with E-state index in [1.807, 2.05) is 42.3 Å². The Morgan fingerprint density at radius 2 is 1.57 bits per heavy atom. The molecule has 0 spiro atoms. The van der Waals surface area contributed by atoms with Crippen LogP contribution in [0.2, 0.25) is 0 Å². The van der Waals surface area contributed by atoms with Crippen molar-refractivity contribution in [2.24, 2.45) is 34.5 Å². The number of rotatable bonds is 7. The second-order valence-corrected chi connectivity index (χ2v) is 16.7. The van der Waals surface area contributed by atoms with Gasteiger partial charge in [-0.15, -0.1) is 0 Å². The normalized spacial score (nSPS) is 41.6. The smallest absolute Gasteiger partial charge is 0.362 e. The number of hydrogen-bond acceptors (Lipinski definition) is 7. The van der Waals surface area contributed by atoms with Crippen LogP contribution >= 0.6 is 0 Å². The van der Waals surface area contributed by atoms with Gasteiger partial charge in [0.2, 0.25) is 0 Å². The number of aliphatic hydroxyl groups is 1. The van der Waals surface area contributed by atoms with Gasteiger partial charge in [-0.2, -0.15) is 0 Å². The van der Waals surface area contributed by atoms with Crippen LogP contribution < -0.4 is 0 Å². The molecule has 9 unspecified atom stereocenters. The van der Waals surface area contributed by atoms with Gasteiger partial charge in [-0.1, -0.05) is 13.8 Å². The third-order valence-electron chi connectivity index (χ3n) is 11.7. The van der Waals surface area contributed by atoms with E-state index in [4.69, 9.17) is 14.2 Å². The van der Waals surface area contributed by atoms with Gasteiger partial charge >= 0.3 is 17.9 Å². The van der Waals surface area contributed by atoms with E-state index in [9.17, 15) is 19.5 Å². The van der Waals surface area contributed by atoms with Crippen molar-refractivity contribution >= 4 is 17.9 Å². The van der Waals surface area contributed by atoms with Crippen molar-refractivity contribution in [3.05, 3.63) is 11.6 Å². The number of carbonyl (C=O) groups is 3. The molecule has 0 bridgehead atoms. The highest BCUT2D eigenvalue weighted by Crippen LogP contribution is 2.70. The van der Waals surface area contributed by atoms with Crippen molar-refractivity contribution in [3.63, 3.8) is 0 Å². The minimum Gasteiger partial charge on any atom is -0.458 e. The first-order valence-electron chi connectivity index (χ1n) is 15.9. The highest BCUT2D eigenvalue weighted by Gasteiger charge is 2.71. The molecule has 9 heteroatoms. The summed E-state index contributed by atoms with van der Waals surface area (Å²) in [6.45, 7) is 5.36. The van der Waals surface area contributed by atoms with Crippen LogP contribution in [0.5, 0.6) is 0 Å². The molecule has 0 saturated heterocycles. The maximum absolute atomic E-state index is 13.1. The summed E-state index contributed by atoms with van der Waals surface area (Å²) >= 11 is 0. The molecule has 1 aliphatic heterocycles. The van der Waals surface area contributed by atoms with Gasteiger partial charge in [0.25, 0.3) is 0 Å². The summed E-state index contributed by atoms with van der Waals surface area (Å²) < 4.78 is 18.5. The van der Waals surface area contributed by atoms with E-state index in [-0.39, 0.29) is 54.4 Å². The van der Waals surface area contributed by atoms with Gasteiger partial charge in [-0.25, -0.2) is 14.4 Å². The molecule has 1 N–H and O–H groups in total. The Bertz CT molecular complexity index is 1140. The lowest BCUT2D eigenvalue weighted by molar-refractivity contribution is -0.862. The van der Waals surface area contributed by atoms with E-state index >= 15 is 0 Å². The first kappa shape index (κ1) is 31.5. The average molecular weight is 591 g/mol. The molecule has 42 heavy (non-hydrogen) atoms. The van der Waals surface area contributed by atoms with E-state index in [2.05, 4.69) is 13.8 Å². The first-order valence-corrected chi connectivity index (χ1v) is 15.9. The van der Waals surface area contributed by atoms with Gasteiger partial charge in [0.15, 0.2) is 13.1 Å². The molecule has 9 nitrogen and oxygen atoms in total. The molecule has 0 aromatic rings. The Morgan fingerprint density at radius 1 is 0.929 bits per heavy atom. The standard InChI is InChI=1S/C33H54N2O7/c1-31-13-11-23(41-28(37)18-34(3,4)5)16-22(31)9-10-25-24(31)12-14-32(2)30(21-15-27(36)40-20-21)26(17-33(25,32)39)42-29(38)19-35(6,7)8/h15,22-26,30,39H,9-14,16-20H2,1-8H3/q+2. The number of fused-ring (bicyclic) bond motifs is 5. The van der Waals surface area contributed by atoms with Crippen LogP contribution in [0, 0.1) is 34.5 Å². The Labute approximate surface area is 251 Å². The molecule has 4 saturated carbocycles. The topological polar surface area (TPSA) is 99.1 Å². The molecule has 0 amide bonds. The summed E-state index contributed by atoms with van der Waals surface area (Å²) in [6, 6.07) is 0. The largest absolute Gasteiger partial charge is 0.458 e. The molecule has 5 aliphatic rings. The zero-order valence-electron chi connectivity index (χ0n) is 27.1. The molecule has 4 fully saturated rings. The lowest BCUT2D eigenvalue weighted by Crippen LogP contribution is -2.62. The number of quaternary nitrogens is 2. The van der Waals surface area contributed by atoms with Crippen molar-refractivity contribution in [3.8, 4) is 0 Å². The molecule has 1 heterocycles. The van der Waals surface area contributed by atoms with Crippen molar-refractivity contribution in [2.45, 2.75) is 83.0 Å². The third-order valence-corrected chi connectivity index (χ3v) is 11.7. The summed E-state index contributed by atoms with van der Waals surface area (Å²) in [5, 5.41) is 12.8. The number of ether oxygens (including phenoxy) is 3. The van der Waals surface area contributed by atoms with E-state index < -0.39 is 17.1 Å². The second kappa shape index (κ2) is 10.6. The highest BCUT2D eigenvalue weighted by molar-refractivity contribution is 5.85. The number of cyclic esters (lactones) is 1. The highest BCUT2D eigenvalue weighted by atomic mass is 16.6. The van der Waals surface area contributed by atoms with Crippen LogP contribution in [-0.4, -0.2) is 112 Å². The van der Waals surface area contributed by atoms with Crippen molar-refractivity contribution in [2.75, 3.05) is 62.0 Å². The van der Waals surface area contributed by atoms with Gasteiger partial charge < -0.3 is 28.3 Å². The minimum atomic E-state index is -1.02. The van der Waals surface area contributed by atoms with Crippen LogP contribution in [0.25, 0.3) is 0 Å². The van der Waals surface area contributed by atoms with Gasteiger partial charge in [0, 0.05) is 23.8 Å². The first-order chi connectivity index (χ1) is 19.3. The monoisotopic (exact) mass is 590 g/mol. The fourth-order valence-corrected chi connectivity index (χ4v) is 9.84. The Hall–Kier alpha value is -1.97. The summed E-state index contributed by atoms with van der Waals surface area (Å²) in [4.78, 5) is 37.8. The summed E-state index contributed by atoms with van der Waals surface area (Å²) in [7, 11) is 11.9.